The van der Waals surface area contributed by atoms with E-state index in [2.05, 4.69) is 48.0 Å². The molecule has 13 nitrogen and oxygen atoms in total. The van der Waals surface area contributed by atoms with Crippen LogP contribution in [0.5, 0.6) is 17.2 Å². The summed E-state index contributed by atoms with van der Waals surface area (Å²) in [5.41, 5.74) is 3.65. The molecule has 5 aromatic carbocycles. The maximum absolute atomic E-state index is 13.6. The summed E-state index contributed by atoms with van der Waals surface area (Å²) in [6.45, 7) is 21.8. The van der Waals surface area contributed by atoms with Gasteiger partial charge in [-0.15, -0.1) is 11.3 Å². The predicted octanol–water partition coefficient (Wildman–Crippen LogP) is 12.1. The normalized spacial score (nSPS) is 11.9. The van der Waals surface area contributed by atoms with Gasteiger partial charge in [-0.2, -0.15) is 5.10 Å². The second-order valence-corrected chi connectivity index (χ2v) is 19.9. The van der Waals surface area contributed by atoms with Crippen molar-refractivity contribution in [2.75, 3.05) is 12.0 Å². The highest BCUT2D eigenvalue weighted by Crippen LogP contribution is 2.32. The third-order valence-corrected chi connectivity index (χ3v) is 11.3. The number of carbonyl (C=O) groups excluding carboxylic acids is 4. The topological polar surface area (TPSA) is 161 Å². The van der Waals surface area contributed by atoms with Gasteiger partial charge < -0.3 is 28.4 Å². The van der Waals surface area contributed by atoms with E-state index in [0.717, 1.165) is 39.7 Å². The van der Waals surface area contributed by atoms with Crippen LogP contribution >= 0.6 is 11.3 Å². The minimum atomic E-state index is -0.815. The fraction of sp³-hybridized carbons (Fsp3) is 0.286. The molecule has 0 amide bonds. The molecule has 1 heterocycles. The van der Waals surface area contributed by atoms with Gasteiger partial charge in [0.25, 0.3) is 0 Å². The van der Waals surface area contributed by atoms with E-state index < -0.39 is 46.3 Å². The average molecular weight is 966 g/mol. The third kappa shape index (κ3) is 15.2. The second kappa shape index (κ2) is 22.2. The Morgan fingerprint density at radius 2 is 1.21 bits per heavy atom. The van der Waals surface area contributed by atoms with Crippen LogP contribution in [0.15, 0.2) is 145 Å². The Labute approximate surface area is 413 Å². The van der Waals surface area contributed by atoms with Crippen LogP contribution in [0, 0.1) is 0 Å². The number of nitrogens with zero attached hydrogens (tertiary/aromatic N) is 2. The summed E-state index contributed by atoms with van der Waals surface area (Å²) in [4.78, 5) is 55.1. The maximum atomic E-state index is 13.6. The first kappa shape index (κ1) is 51.8. The summed E-state index contributed by atoms with van der Waals surface area (Å²) < 4.78 is 35.0. The van der Waals surface area contributed by atoms with Gasteiger partial charge in [0.1, 0.15) is 39.7 Å². The lowest BCUT2D eigenvalue weighted by molar-refractivity contribution is -0.155. The molecule has 0 unspecified atom stereocenters. The van der Waals surface area contributed by atoms with Gasteiger partial charge in [0.15, 0.2) is 0 Å². The second-order valence-electron chi connectivity index (χ2n) is 19.0. The Hall–Kier alpha value is -7.58. The minimum absolute atomic E-state index is 0.0654. The molecule has 0 aliphatic rings. The van der Waals surface area contributed by atoms with Crippen molar-refractivity contribution in [2.24, 2.45) is 5.10 Å². The molecule has 0 saturated carbocycles. The van der Waals surface area contributed by atoms with Gasteiger partial charge in [-0.05, 0) is 138 Å². The first-order valence-electron chi connectivity index (χ1n) is 22.7. The molecule has 1 aromatic heterocycles. The predicted molar refractivity (Wildman–Crippen MR) is 274 cm³/mol. The van der Waals surface area contributed by atoms with Crippen LogP contribution in [0.4, 0.5) is 5.13 Å². The van der Waals surface area contributed by atoms with Crippen LogP contribution in [0.25, 0.3) is 22.0 Å². The molecule has 0 aliphatic carbocycles. The number of ether oxygens (including phenoxy) is 6. The van der Waals surface area contributed by atoms with Crippen molar-refractivity contribution in [3.63, 3.8) is 0 Å². The number of benzene rings is 5. The van der Waals surface area contributed by atoms with E-state index >= 15 is 0 Å². The number of hydrogen-bond donors (Lipinski definition) is 1. The molecule has 6 rings (SSSR count). The van der Waals surface area contributed by atoms with Gasteiger partial charge in [-0.1, -0.05) is 55.6 Å². The molecule has 70 heavy (non-hydrogen) atoms. The number of esters is 4. The summed E-state index contributed by atoms with van der Waals surface area (Å²) >= 11 is 1.40. The molecule has 0 saturated heterocycles. The standard InChI is InChI=1S/C56H59N3O10S/c1-11-48(60)68-55(7,8)35-53(3,4)66-44-24-20-39(21-25-44)50(62)64-30-29-37-17-28-47(65-51(63)40-22-26-45(27-23-40)67-54(5,6)36-56(9,10)69-49(61)12-2)43(31-37)33-57-59-52-58-46(34-70-52)42-19-18-38-15-13-14-16-41(38)32-42/h11-28,31-34H,1-2,29-30,35-36H2,3-10H3,(H,58,59)/b57-33+. The molecule has 0 fully saturated rings. The van der Waals surface area contributed by atoms with E-state index in [1.807, 2.05) is 57.3 Å². The van der Waals surface area contributed by atoms with E-state index in [0.29, 0.717) is 47.0 Å². The first-order chi connectivity index (χ1) is 33.1. The number of nitrogens with one attached hydrogen (secondary N) is 1. The van der Waals surface area contributed by atoms with E-state index in [9.17, 15) is 19.2 Å². The molecule has 6 aromatic rings. The Morgan fingerprint density at radius 3 is 1.79 bits per heavy atom. The van der Waals surface area contributed by atoms with Crippen molar-refractivity contribution in [3.05, 3.63) is 162 Å². The van der Waals surface area contributed by atoms with Crippen molar-refractivity contribution >= 4 is 57.3 Å². The monoisotopic (exact) mass is 965 g/mol. The van der Waals surface area contributed by atoms with E-state index in [-0.39, 0.29) is 17.9 Å². The fourth-order valence-corrected chi connectivity index (χ4v) is 8.86. The van der Waals surface area contributed by atoms with Crippen LogP contribution < -0.4 is 19.6 Å². The van der Waals surface area contributed by atoms with Crippen LogP contribution in [-0.2, 0) is 30.2 Å². The van der Waals surface area contributed by atoms with Crippen molar-refractivity contribution < 1.29 is 47.6 Å². The van der Waals surface area contributed by atoms with Gasteiger partial charge in [0, 0.05) is 47.9 Å². The molecule has 0 aliphatic heterocycles. The summed E-state index contributed by atoms with van der Waals surface area (Å²) in [6.07, 6.45) is 4.93. The largest absolute Gasteiger partial charge is 0.488 e. The molecule has 364 valence electrons. The highest BCUT2D eigenvalue weighted by atomic mass is 32.1. The summed E-state index contributed by atoms with van der Waals surface area (Å²) in [6, 6.07) is 32.8. The van der Waals surface area contributed by atoms with Gasteiger partial charge >= 0.3 is 23.9 Å². The Morgan fingerprint density at radius 1 is 0.657 bits per heavy atom. The summed E-state index contributed by atoms with van der Waals surface area (Å²) in [7, 11) is 0. The highest BCUT2D eigenvalue weighted by Gasteiger charge is 2.34. The van der Waals surface area contributed by atoms with E-state index in [1.165, 1.54) is 11.3 Å². The average Bonchev–Trinajstić information content (AvgIpc) is 3.77. The Kier molecular flexibility index (Phi) is 16.5. The first-order valence-corrected chi connectivity index (χ1v) is 23.5. The van der Waals surface area contributed by atoms with Crippen molar-refractivity contribution in [1.82, 2.24) is 4.98 Å². The maximum Gasteiger partial charge on any atom is 0.343 e. The van der Waals surface area contributed by atoms with Crippen LogP contribution in [-0.4, -0.2) is 64.1 Å². The number of rotatable bonds is 22. The Bertz CT molecular complexity index is 2880. The fourth-order valence-electron chi connectivity index (χ4n) is 8.19. The van der Waals surface area contributed by atoms with Gasteiger partial charge in [-0.25, -0.2) is 24.2 Å². The van der Waals surface area contributed by atoms with Crippen molar-refractivity contribution in [1.29, 1.82) is 0 Å². The SMILES string of the molecule is C=CC(=O)OC(C)(C)CC(C)(C)Oc1ccc(C(=O)OCCc2ccc(OC(=O)c3ccc(OC(C)(C)CC(C)(C)OC(=O)C=C)cc3)c(/C=N/Nc3nc(-c4ccc5ccccc5c4)cs3)c2)cc1. The molecule has 1 N–H and O–H groups in total. The molecular formula is C56H59N3O10S. The van der Waals surface area contributed by atoms with Gasteiger partial charge in [-0.3, -0.25) is 5.43 Å². The zero-order chi connectivity index (χ0) is 50.7. The number of carbonyl (C=O) groups is 4. The molecule has 0 radical (unpaired) electrons. The number of thiazole rings is 1. The highest BCUT2D eigenvalue weighted by molar-refractivity contribution is 7.14. The van der Waals surface area contributed by atoms with Crippen LogP contribution in [0.2, 0.25) is 0 Å². The quantitative estimate of drug-likeness (QED) is 0.0171. The van der Waals surface area contributed by atoms with E-state index in [4.69, 9.17) is 33.4 Å². The number of hydrogen-bond acceptors (Lipinski definition) is 14. The molecule has 0 bridgehead atoms. The summed E-state index contributed by atoms with van der Waals surface area (Å²) in [5.74, 6) is -0.848. The number of fused-ring (bicyclic) bond motifs is 1. The third-order valence-electron chi connectivity index (χ3n) is 10.6. The summed E-state index contributed by atoms with van der Waals surface area (Å²) in [5, 5.41) is 9.24. The molecule has 14 heteroatoms. The van der Waals surface area contributed by atoms with Crippen molar-refractivity contribution in [2.45, 2.75) is 97.1 Å². The molecular weight excluding hydrogens is 907 g/mol. The zero-order valence-corrected chi connectivity index (χ0v) is 41.6. The Balaban J connectivity index is 1.12. The molecule has 0 spiro atoms. The molecule has 0 atom stereocenters. The van der Waals surface area contributed by atoms with Crippen molar-refractivity contribution in [3.8, 4) is 28.5 Å². The van der Waals surface area contributed by atoms with Gasteiger partial charge in [0.05, 0.1) is 29.6 Å². The smallest absolute Gasteiger partial charge is 0.343 e. The lowest BCUT2D eigenvalue weighted by atomic mass is 9.92. The lowest BCUT2D eigenvalue weighted by Crippen LogP contribution is -2.40. The number of aromatic nitrogens is 1. The van der Waals surface area contributed by atoms with Crippen LogP contribution in [0.1, 0.15) is 100 Å². The minimum Gasteiger partial charge on any atom is -0.488 e. The van der Waals surface area contributed by atoms with E-state index in [1.54, 1.807) is 94.6 Å². The number of hydrazone groups is 1. The van der Waals surface area contributed by atoms with Crippen LogP contribution in [0.3, 0.4) is 0 Å². The lowest BCUT2D eigenvalue weighted by Gasteiger charge is -2.34. The van der Waals surface area contributed by atoms with Gasteiger partial charge in [0.2, 0.25) is 5.13 Å². The zero-order valence-electron chi connectivity index (χ0n) is 40.8. The number of anilines is 1.